The van der Waals surface area contributed by atoms with Crippen molar-refractivity contribution >= 4 is 0 Å². The minimum Gasteiger partial charge on any atom is -0.295 e. The molecule has 2 fully saturated rings. The summed E-state index contributed by atoms with van der Waals surface area (Å²) in [5.74, 6) is 0.970. The Morgan fingerprint density at radius 2 is 1.50 bits per heavy atom. The van der Waals surface area contributed by atoms with Crippen LogP contribution in [0.15, 0.2) is 0 Å². The Hall–Kier alpha value is -0.0400. The summed E-state index contributed by atoms with van der Waals surface area (Å²) in [7, 11) is 0. The predicted octanol–water partition coefficient (Wildman–Crippen LogP) is 3.44. The molecule has 82 valence electrons. The quantitative estimate of drug-likeness (QED) is 0.619. The van der Waals surface area contributed by atoms with Gasteiger partial charge in [0.1, 0.15) is 0 Å². The molecule has 1 nitrogen and oxygen atoms in total. The molecule has 0 N–H and O–H groups in total. The van der Waals surface area contributed by atoms with Gasteiger partial charge >= 0.3 is 0 Å². The van der Waals surface area contributed by atoms with Crippen LogP contribution >= 0.6 is 0 Å². The summed E-state index contributed by atoms with van der Waals surface area (Å²) in [6.45, 7) is 7.20. The van der Waals surface area contributed by atoms with Crippen LogP contribution in [-0.4, -0.2) is 23.0 Å². The van der Waals surface area contributed by atoms with Crippen LogP contribution in [0.5, 0.6) is 0 Å². The molecule has 0 amide bonds. The fourth-order valence-electron chi connectivity index (χ4n) is 3.70. The van der Waals surface area contributed by atoms with Gasteiger partial charge in [0.15, 0.2) is 0 Å². The third-order valence-corrected chi connectivity index (χ3v) is 4.11. The Kier molecular flexibility index (Phi) is 3.16. The average Bonchev–Trinajstić information content (AvgIpc) is 2.22. The van der Waals surface area contributed by atoms with E-state index in [9.17, 15) is 0 Å². The van der Waals surface area contributed by atoms with E-state index in [0.717, 1.165) is 24.0 Å². The van der Waals surface area contributed by atoms with Gasteiger partial charge in [-0.3, -0.25) is 4.90 Å². The van der Waals surface area contributed by atoms with Crippen LogP contribution in [0.3, 0.4) is 0 Å². The molecule has 0 spiro atoms. The first-order valence-electron chi connectivity index (χ1n) is 6.46. The van der Waals surface area contributed by atoms with E-state index in [-0.39, 0.29) is 0 Å². The molecule has 0 saturated carbocycles. The van der Waals surface area contributed by atoms with E-state index in [0.29, 0.717) is 0 Å². The van der Waals surface area contributed by atoms with Crippen molar-refractivity contribution in [3.63, 3.8) is 0 Å². The van der Waals surface area contributed by atoms with Crippen molar-refractivity contribution in [1.29, 1.82) is 0 Å². The van der Waals surface area contributed by atoms with Gasteiger partial charge in [-0.25, -0.2) is 0 Å². The minimum absolute atomic E-state index is 0.760. The summed E-state index contributed by atoms with van der Waals surface area (Å²) >= 11 is 0. The molecule has 2 unspecified atom stereocenters. The second-order valence-electron chi connectivity index (χ2n) is 5.71. The second kappa shape index (κ2) is 4.22. The molecule has 0 aromatic carbocycles. The van der Waals surface area contributed by atoms with Gasteiger partial charge in [0.25, 0.3) is 0 Å². The van der Waals surface area contributed by atoms with E-state index in [2.05, 4.69) is 25.7 Å². The van der Waals surface area contributed by atoms with Gasteiger partial charge in [-0.2, -0.15) is 0 Å². The fourth-order valence-corrected chi connectivity index (χ4v) is 3.70. The number of hydrogen-bond donors (Lipinski definition) is 0. The first-order valence-corrected chi connectivity index (χ1v) is 6.46. The summed E-state index contributed by atoms with van der Waals surface area (Å²) in [4.78, 5) is 2.83. The maximum atomic E-state index is 2.83. The lowest BCUT2D eigenvalue weighted by Gasteiger charge is -2.45. The largest absolute Gasteiger partial charge is 0.295 e. The zero-order chi connectivity index (χ0) is 10.1. The SMILES string of the molecule is CC1CC2CCCCC(C1)N2C(C)C. The van der Waals surface area contributed by atoms with Crippen LogP contribution in [0.2, 0.25) is 0 Å². The molecule has 1 heteroatoms. The van der Waals surface area contributed by atoms with E-state index in [1.807, 2.05) is 0 Å². The molecule has 2 rings (SSSR count). The van der Waals surface area contributed by atoms with E-state index in [1.165, 1.54) is 38.5 Å². The predicted molar refractivity (Wildman–Crippen MR) is 61.4 cm³/mol. The molecular weight excluding hydrogens is 170 g/mol. The van der Waals surface area contributed by atoms with Gasteiger partial charge in [0, 0.05) is 18.1 Å². The lowest BCUT2D eigenvalue weighted by atomic mass is 9.85. The first kappa shape index (κ1) is 10.5. The standard InChI is InChI=1S/C13H25N/c1-10(2)14-12-6-4-5-7-13(14)9-11(3)8-12/h10-13H,4-9H2,1-3H3. The third-order valence-electron chi connectivity index (χ3n) is 4.11. The number of nitrogens with zero attached hydrogens (tertiary/aromatic N) is 1. The smallest absolute Gasteiger partial charge is 0.0103 e. The molecular formula is C13H25N. The Morgan fingerprint density at radius 1 is 1.00 bits per heavy atom. The minimum atomic E-state index is 0.760. The van der Waals surface area contributed by atoms with E-state index >= 15 is 0 Å². The van der Waals surface area contributed by atoms with Gasteiger partial charge in [0.05, 0.1) is 0 Å². The van der Waals surface area contributed by atoms with E-state index in [4.69, 9.17) is 0 Å². The monoisotopic (exact) mass is 195 g/mol. The maximum Gasteiger partial charge on any atom is 0.0103 e. The molecule has 0 aromatic heterocycles. The fraction of sp³-hybridized carbons (Fsp3) is 1.00. The van der Waals surface area contributed by atoms with Gasteiger partial charge in [-0.05, 0) is 45.4 Å². The highest BCUT2D eigenvalue weighted by Crippen LogP contribution is 2.36. The van der Waals surface area contributed by atoms with Crippen molar-refractivity contribution in [1.82, 2.24) is 4.90 Å². The van der Waals surface area contributed by atoms with Gasteiger partial charge in [-0.15, -0.1) is 0 Å². The maximum absolute atomic E-state index is 2.83. The Bertz CT molecular complexity index is 172. The number of fused-ring (bicyclic) bond motifs is 2. The highest BCUT2D eigenvalue weighted by atomic mass is 15.2. The molecule has 2 saturated heterocycles. The lowest BCUT2D eigenvalue weighted by molar-refractivity contribution is 0.0321. The molecule has 2 aliphatic rings. The summed E-state index contributed by atoms with van der Waals surface area (Å²) in [5.41, 5.74) is 0. The number of hydrogen-bond acceptors (Lipinski definition) is 1. The normalized spacial score (nSPS) is 39.9. The molecule has 0 aliphatic carbocycles. The molecule has 0 radical (unpaired) electrons. The Balaban J connectivity index is 2.14. The van der Waals surface area contributed by atoms with Crippen molar-refractivity contribution in [3.8, 4) is 0 Å². The summed E-state index contributed by atoms with van der Waals surface area (Å²) < 4.78 is 0. The molecule has 2 heterocycles. The number of piperidine rings is 1. The zero-order valence-corrected chi connectivity index (χ0v) is 10.00. The molecule has 2 aliphatic heterocycles. The molecule has 2 atom stereocenters. The topological polar surface area (TPSA) is 3.24 Å². The average molecular weight is 195 g/mol. The molecule has 14 heavy (non-hydrogen) atoms. The van der Waals surface area contributed by atoms with E-state index in [1.54, 1.807) is 0 Å². The lowest BCUT2D eigenvalue weighted by Crippen LogP contribution is -2.51. The van der Waals surface area contributed by atoms with Gasteiger partial charge in [-0.1, -0.05) is 19.8 Å². The first-order chi connectivity index (χ1) is 6.68. The summed E-state index contributed by atoms with van der Waals surface area (Å²) in [6.07, 6.45) is 8.76. The molecule has 0 aromatic rings. The second-order valence-corrected chi connectivity index (χ2v) is 5.71. The summed E-state index contributed by atoms with van der Waals surface area (Å²) in [6, 6.07) is 2.58. The van der Waals surface area contributed by atoms with Crippen molar-refractivity contribution in [2.75, 3.05) is 0 Å². The highest BCUT2D eigenvalue weighted by molar-refractivity contribution is 4.91. The van der Waals surface area contributed by atoms with Crippen LogP contribution in [0.25, 0.3) is 0 Å². The number of rotatable bonds is 1. The van der Waals surface area contributed by atoms with Crippen molar-refractivity contribution in [3.05, 3.63) is 0 Å². The highest BCUT2D eigenvalue weighted by Gasteiger charge is 2.36. The Morgan fingerprint density at radius 3 is 1.93 bits per heavy atom. The van der Waals surface area contributed by atoms with Crippen LogP contribution < -0.4 is 0 Å². The van der Waals surface area contributed by atoms with Crippen molar-refractivity contribution < 1.29 is 0 Å². The van der Waals surface area contributed by atoms with Crippen molar-refractivity contribution in [2.45, 2.75) is 77.4 Å². The summed E-state index contributed by atoms with van der Waals surface area (Å²) in [5, 5.41) is 0. The molecule has 2 bridgehead atoms. The van der Waals surface area contributed by atoms with Crippen LogP contribution in [0, 0.1) is 5.92 Å². The van der Waals surface area contributed by atoms with Crippen LogP contribution in [0.1, 0.15) is 59.3 Å². The third kappa shape index (κ3) is 1.98. The van der Waals surface area contributed by atoms with Gasteiger partial charge in [0.2, 0.25) is 0 Å². The van der Waals surface area contributed by atoms with Crippen LogP contribution in [0.4, 0.5) is 0 Å². The van der Waals surface area contributed by atoms with Gasteiger partial charge < -0.3 is 0 Å². The Labute approximate surface area is 88.9 Å². The van der Waals surface area contributed by atoms with Crippen molar-refractivity contribution in [2.24, 2.45) is 5.92 Å². The van der Waals surface area contributed by atoms with Crippen LogP contribution in [-0.2, 0) is 0 Å². The zero-order valence-electron chi connectivity index (χ0n) is 10.00. The van der Waals surface area contributed by atoms with E-state index < -0.39 is 0 Å².